The Hall–Kier alpha value is -6.53. The van der Waals surface area contributed by atoms with Crippen LogP contribution in [0.4, 0.5) is 0 Å². The Morgan fingerprint density at radius 3 is 1.75 bits per heavy atom. The highest BCUT2D eigenvalue weighted by Crippen LogP contribution is 2.38. The molecule has 0 unspecified atom stereocenters. The second-order valence-corrected chi connectivity index (χ2v) is 14.6. The molecule has 0 aliphatic rings. The summed E-state index contributed by atoms with van der Waals surface area (Å²) < 4.78 is 8.65. The average Bonchev–Trinajstić information content (AvgIpc) is 3.76. The van der Waals surface area contributed by atoms with Crippen LogP contribution in [-0.2, 0) is 0 Å². The van der Waals surface area contributed by atoms with Crippen molar-refractivity contribution in [1.29, 1.82) is 0 Å². The first kappa shape index (κ1) is 33.1. The Bertz CT molecular complexity index is 3130. The van der Waals surface area contributed by atoms with Crippen LogP contribution in [0, 0.1) is 0 Å². The molecule has 0 spiro atoms. The van der Waals surface area contributed by atoms with Gasteiger partial charge >= 0.3 is 0 Å². The molecule has 0 bridgehead atoms. The van der Waals surface area contributed by atoms with Gasteiger partial charge in [-0.15, -0.1) is 16.4 Å². The molecule has 0 saturated heterocycles. The van der Waals surface area contributed by atoms with Gasteiger partial charge in [0.25, 0.3) is 0 Å². The molecular formula is C45H33B5N4O. The molecule has 0 atom stereocenters. The van der Waals surface area contributed by atoms with Crippen molar-refractivity contribution in [3.63, 3.8) is 0 Å². The van der Waals surface area contributed by atoms with Crippen molar-refractivity contribution in [2.75, 3.05) is 0 Å². The second kappa shape index (κ2) is 12.8. The smallest absolute Gasteiger partial charge is 0.164 e. The molecule has 5 nitrogen and oxygen atoms in total. The number of furan rings is 1. The number of nitrogens with zero attached hydrogens (tertiary/aromatic N) is 4. The van der Waals surface area contributed by atoms with Crippen molar-refractivity contribution >= 4 is 110 Å². The standard InChI is InChI=1S/C45H33B5N4O/c46-38-37(39(47)41(49)42(50)40(38)48)45-52-43(51-44(53-45)27-12-8-11-26(21-27)24-9-2-1-3-10-24)25-17-19-28(20-18-25)54-33-15-6-4-13-29(33)31-23-36-32(22-34(31)54)30-14-5-7-16-35(30)55-36/h1-23H,46-50H2. The number of fused-ring (bicyclic) bond motifs is 6. The summed E-state index contributed by atoms with van der Waals surface area (Å²) in [6, 6.07) is 48.8. The maximum Gasteiger partial charge on any atom is 0.164 e. The molecular weight excluding hydrogens is 667 g/mol. The Kier molecular flexibility index (Phi) is 7.70. The Labute approximate surface area is 323 Å². The molecule has 0 aliphatic heterocycles. The van der Waals surface area contributed by atoms with Crippen molar-refractivity contribution in [2.45, 2.75) is 0 Å². The van der Waals surface area contributed by atoms with Crippen molar-refractivity contribution in [1.82, 2.24) is 19.5 Å². The van der Waals surface area contributed by atoms with Crippen LogP contribution in [-0.4, -0.2) is 58.8 Å². The van der Waals surface area contributed by atoms with Gasteiger partial charge in [-0.3, -0.25) is 0 Å². The molecule has 254 valence electrons. The van der Waals surface area contributed by atoms with Gasteiger partial charge in [0.15, 0.2) is 17.5 Å². The van der Waals surface area contributed by atoms with Crippen LogP contribution >= 0.6 is 0 Å². The SMILES string of the molecule is Bc1c(B)c(B)c(-c2nc(-c3ccc(-n4c5ccccc5c5cc6oc7ccccc7c6cc54)cc3)nc(-c3cccc(-c4ccccc4)c3)n2)c(B)c1B. The third-order valence-corrected chi connectivity index (χ3v) is 11.6. The lowest BCUT2D eigenvalue weighted by Crippen LogP contribution is -2.55. The zero-order valence-electron chi connectivity index (χ0n) is 31.5. The van der Waals surface area contributed by atoms with Crippen LogP contribution < -0.4 is 27.3 Å². The minimum absolute atomic E-state index is 0.639. The topological polar surface area (TPSA) is 56.7 Å². The van der Waals surface area contributed by atoms with Gasteiger partial charge in [-0.05, 0) is 65.7 Å². The number of hydrogen-bond acceptors (Lipinski definition) is 4. The van der Waals surface area contributed by atoms with Gasteiger partial charge in [0.05, 0.1) is 11.0 Å². The monoisotopic (exact) mass is 700 g/mol. The molecule has 55 heavy (non-hydrogen) atoms. The van der Waals surface area contributed by atoms with E-state index < -0.39 is 0 Å². The summed E-state index contributed by atoms with van der Waals surface area (Å²) in [6.45, 7) is 0. The third kappa shape index (κ3) is 5.35. The summed E-state index contributed by atoms with van der Waals surface area (Å²) in [7, 11) is 11.0. The molecule has 10 aromatic rings. The number of benzene rings is 7. The Morgan fingerprint density at radius 2 is 0.982 bits per heavy atom. The molecule has 0 fully saturated rings. The lowest BCUT2D eigenvalue weighted by molar-refractivity contribution is 0.669. The molecule has 7 aromatic carbocycles. The highest BCUT2D eigenvalue weighted by atomic mass is 16.3. The molecule has 0 N–H and O–H groups in total. The maximum absolute atomic E-state index is 6.31. The van der Waals surface area contributed by atoms with Crippen LogP contribution in [0.3, 0.4) is 0 Å². The summed E-state index contributed by atoms with van der Waals surface area (Å²) >= 11 is 0. The first-order valence-corrected chi connectivity index (χ1v) is 18.8. The zero-order chi connectivity index (χ0) is 37.4. The minimum atomic E-state index is 0.639. The van der Waals surface area contributed by atoms with Crippen LogP contribution in [0.15, 0.2) is 144 Å². The van der Waals surface area contributed by atoms with Crippen LogP contribution in [0.1, 0.15) is 0 Å². The van der Waals surface area contributed by atoms with Crippen LogP contribution in [0.5, 0.6) is 0 Å². The normalized spacial score (nSPS) is 11.6. The van der Waals surface area contributed by atoms with E-state index in [4.69, 9.17) is 19.4 Å². The van der Waals surface area contributed by atoms with Crippen LogP contribution in [0.25, 0.3) is 94.7 Å². The van der Waals surface area contributed by atoms with E-state index in [0.717, 1.165) is 71.9 Å². The van der Waals surface area contributed by atoms with E-state index in [1.807, 2.05) is 18.2 Å². The highest BCUT2D eigenvalue weighted by Gasteiger charge is 2.20. The first-order valence-electron chi connectivity index (χ1n) is 18.8. The van der Waals surface area contributed by atoms with Gasteiger partial charge in [-0.1, -0.05) is 95.9 Å². The van der Waals surface area contributed by atoms with Crippen molar-refractivity contribution in [3.8, 4) is 51.0 Å². The van der Waals surface area contributed by atoms with Gasteiger partial charge < -0.3 is 8.98 Å². The number of para-hydroxylation sites is 2. The van der Waals surface area contributed by atoms with Gasteiger partial charge in [-0.25, -0.2) is 15.0 Å². The van der Waals surface area contributed by atoms with Crippen molar-refractivity contribution < 1.29 is 4.42 Å². The molecule has 0 aliphatic carbocycles. The molecule has 10 rings (SSSR count). The van der Waals surface area contributed by atoms with Crippen LogP contribution in [0.2, 0.25) is 0 Å². The average molecular weight is 700 g/mol. The molecule has 0 saturated carbocycles. The fourth-order valence-electron chi connectivity index (χ4n) is 8.27. The number of aromatic nitrogens is 4. The van der Waals surface area contributed by atoms with E-state index >= 15 is 0 Å². The predicted molar refractivity (Wildman–Crippen MR) is 244 cm³/mol. The van der Waals surface area contributed by atoms with E-state index in [0.29, 0.717) is 17.5 Å². The maximum atomic E-state index is 6.31. The third-order valence-electron chi connectivity index (χ3n) is 11.6. The fraction of sp³-hybridized carbons (Fsp3) is 0. The number of hydrogen-bond donors (Lipinski definition) is 0. The molecule has 3 aromatic heterocycles. The van der Waals surface area contributed by atoms with Gasteiger partial charge in [0.2, 0.25) is 0 Å². The highest BCUT2D eigenvalue weighted by molar-refractivity contribution is 6.68. The van der Waals surface area contributed by atoms with Crippen molar-refractivity contribution in [3.05, 3.63) is 140 Å². The molecule has 0 amide bonds. The van der Waals surface area contributed by atoms with Gasteiger partial charge in [0.1, 0.15) is 50.4 Å². The van der Waals surface area contributed by atoms with Gasteiger partial charge in [0, 0.05) is 43.9 Å². The molecule has 3 heterocycles. The summed E-state index contributed by atoms with van der Waals surface area (Å²) in [5.41, 5.74) is 16.6. The van der Waals surface area contributed by atoms with Gasteiger partial charge in [-0.2, -0.15) is 0 Å². The lowest BCUT2D eigenvalue weighted by Gasteiger charge is -2.20. The number of rotatable bonds is 5. The summed E-state index contributed by atoms with van der Waals surface area (Å²) in [5.74, 6) is 1.98. The summed E-state index contributed by atoms with van der Waals surface area (Å²) in [6.07, 6.45) is 0. The minimum Gasteiger partial charge on any atom is -0.456 e. The molecule has 0 radical (unpaired) electrons. The van der Waals surface area contributed by atoms with E-state index in [1.165, 1.54) is 32.7 Å². The van der Waals surface area contributed by atoms with E-state index in [1.54, 1.807) is 0 Å². The lowest BCUT2D eigenvalue weighted by atomic mass is 9.60. The first-order chi connectivity index (χ1) is 26.8. The quantitative estimate of drug-likeness (QED) is 0.260. The fourth-order valence-corrected chi connectivity index (χ4v) is 8.27. The zero-order valence-corrected chi connectivity index (χ0v) is 31.5. The van der Waals surface area contributed by atoms with E-state index in [-0.39, 0.29) is 0 Å². The largest absolute Gasteiger partial charge is 0.456 e. The Morgan fingerprint density at radius 1 is 0.382 bits per heavy atom. The van der Waals surface area contributed by atoms with Crippen molar-refractivity contribution in [2.24, 2.45) is 0 Å². The van der Waals surface area contributed by atoms with E-state index in [2.05, 4.69) is 165 Å². The predicted octanol–water partition coefficient (Wildman–Crippen LogP) is 2.83. The summed E-state index contributed by atoms with van der Waals surface area (Å²) in [4.78, 5) is 15.6. The summed E-state index contributed by atoms with van der Waals surface area (Å²) in [5, 5.41) is 4.57. The Balaban J connectivity index is 1.15. The second-order valence-electron chi connectivity index (χ2n) is 14.6. The van der Waals surface area contributed by atoms with E-state index in [9.17, 15) is 0 Å². The molecule has 10 heteroatoms.